The number of hydrogen-bond acceptors (Lipinski definition) is 9. The highest BCUT2D eigenvalue weighted by Gasteiger charge is 2.26. The fourth-order valence-electron chi connectivity index (χ4n) is 4.08. The zero-order valence-electron chi connectivity index (χ0n) is 24.5. The number of hydrogen-bond donors (Lipinski definition) is 0. The van der Waals surface area contributed by atoms with Crippen molar-refractivity contribution in [3.63, 3.8) is 0 Å². The van der Waals surface area contributed by atoms with Crippen LogP contribution in [0.2, 0.25) is 0 Å². The molecular weight excluding hydrogens is 528 g/mol. The molecule has 3 rings (SSSR count). The van der Waals surface area contributed by atoms with Crippen molar-refractivity contribution in [2.24, 2.45) is 5.92 Å². The van der Waals surface area contributed by atoms with E-state index >= 15 is 0 Å². The molecule has 0 unspecified atom stereocenters. The molecule has 0 radical (unpaired) electrons. The smallest absolute Gasteiger partial charge is 0.308 e. The maximum absolute atomic E-state index is 14.3. The number of esters is 3. The van der Waals surface area contributed by atoms with E-state index < -0.39 is 23.3 Å². The molecule has 41 heavy (non-hydrogen) atoms. The van der Waals surface area contributed by atoms with Crippen LogP contribution >= 0.6 is 0 Å². The first-order chi connectivity index (χ1) is 19.3. The van der Waals surface area contributed by atoms with Crippen molar-refractivity contribution in [2.45, 2.75) is 54.9 Å². The molecule has 9 nitrogen and oxygen atoms in total. The maximum Gasteiger partial charge on any atom is 0.308 e. The molecule has 0 spiro atoms. The first kappa shape index (κ1) is 30.9. The van der Waals surface area contributed by atoms with Gasteiger partial charge < -0.3 is 23.4 Å². The first-order valence-corrected chi connectivity index (χ1v) is 13.0. The summed E-state index contributed by atoms with van der Waals surface area (Å²) in [5, 5.41) is 0.0656. The van der Waals surface area contributed by atoms with Crippen molar-refractivity contribution in [1.82, 2.24) is 0 Å². The van der Waals surface area contributed by atoms with Gasteiger partial charge in [0, 0.05) is 38.5 Å². The Hall–Kier alpha value is -4.66. The van der Waals surface area contributed by atoms with Gasteiger partial charge in [-0.1, -0.05) is 37.6 Å². The maximum atomic E-state index is 14.3. The second-order valence-corrected chi connectivity index (χ2v) is 9.96. The van der Waals surface area contributed by atoms with E-state index in [4.69, 9.17) is 23.4 Å². The summed E-state index contributed by atoms with van der Waals surface area (Å²) in [7, 11) is 1.46. The van der Waals surface area contributed by atoms with Crippen LogP contribution in [0.4, 0.5) is 0 Å². The lowest BCUT2D eigenvalue weighted by Crippen LogP contribution is -2.15. The predicted molar refractivity (Wildman–Crippen MR) is 155 cm³/mol. The Morgan fingerprint density at radius 1 is 0.902 bits per heavy atom. The molecule has 2 aromatic carbocycles. The largest absolute Gasteiger partial charge is 0.496 e. The summed E-state index contributed by atoms with van der Waals surface area (Å²) in [4.78, 5) is 50.0. The number of carbonyl (C=O) groups is 3. The molecule has 0 amide bonds. The van der Waals surface area contributed by atoms with E-state index in [-0.39, 0.29) is 57.4 Å². The van der Waals surface area contributed by atoms with Crippen LogP contribution in [-0.2, 0) is 20.8 Å². The number of fused-ring (bicyclic) bond motifs is 1. The molecule has 0 aliphatic heterocycles. The third-order valence-electron chi connectivity index (χ3n) is 5.77. The molecule has 0 bridgehead atoms. The highest BCUT2D eigenvalue weighted by atomic mass is 16.5. The normalized spacial score (nSPS) is 11.0. The van der Waals surface area contributed by atoms with Gasteiger partial charge in [-0.3, -0.25) is 19.2 Å². The highest BCUT2D eigenvalue weighted by Crippen LogP contribution is 2.41. The average Bonchev–Trinajstić information content (AvgIpc) is 2.85. The van der Waals surface area contributed by atoms with Gasteiger partial charge in [-0.15, -0.1) is 0 Å². The standard InChI is InChI=1S/C32H34O9/c1-17(2)9-12-23-26(37-8)16-28-29(32(23)40-21(7)35)30(36)25(13-10-18(3)4)31(41-28)24-14-11-22(38-19(5)33)15-27(24)39-20(6)34/h9-12,14-17H,13H2,1-8H3/b12-9+. The van der Waals surface area contributed by atoms with Gasteiger partial charge in [0.05, 0.1) is 18.2 Å². The number of allylic oxidation sites excluding steroid dienone is 3. The van der Waals surface area contributed by atoms with Crippen LogP contribution in [0.3, 0.4) is 0 Å². The summed E-state index contributed by atoms with van der Waals surface area (Å²) in [6, 6.07) is 5.97. The van der Waals surface area contributed by atoms with Gasteiger partial charge in [0.1, 0.15) is 34.0 Å². The van der Waals surface area contributed by atoms with Gasteiger partial charge in [-0.2, -0.15) is 0 Å². The third-order valence-corrected chi connectivity index (χ3v) is 5.77. The van der Waals surface area contributed by atoms with Crippen LogP contribution in [-0.4, -0.2) is 25.0 Å². The van der Waals surface area contributed by atoms with E-state index in [1.165, 1.54) is 46.1 Å². The zero-order valence-corrected chi connectivity index (χ0v) is 24.5. The fourth-order valence-corrected chi connectivity index (χ4v) is 4.08. The van der Waals surface area contributed by atoms with Crippen molar-refractivity contribution in [1.29, 1.82) is 0 Å². The van der Waals surface area contributed by atoms with Crippen LogP contribution in [0.1, 0.15) is 59.6 Å². The van der Waals surface area contributed by atoms with Crippen molar-refractivity contribution < 1.29 is 37.7 Å². The van der Waals surface area contributed by atoms with E-state index in [2.05, 4.69) is 0 Å². The van der Waals surface area contributed by atoms with E-state index in [9.17, 15) is 19.2 Å². The second kappa shape index (κ2) is 13.1. The van der Waals surface area contributed by atoms with Crippen molar-refractivity contribution in [3.8, 4) is 34.3 Å². The minimum atomic E-state index is -0.624. The first-order valence-electron chi connectivity index (χ1n) is 13.0. The summed E-state index contributed by atoms with van der Waals surface area (Å²) in [5.41, 5.74) is 1.56. The molecule has 1 aromatic heterocycles. The van der Waals surface area contributed by atoms with Crippen molar-refractivity contribution in [3.05, 3.63) is 63.3 Å². The van der Waals surface area contributed by atoms with E-state index in [0.717, 1.165) is 5.57 Å². The molecule has 0 saturated carbocycles. The zero-order chi connectivity index (χ0) is 30.4. The molecule has 0 N–H and O–H groups in total. The van der Waals surface area contributed by atoms with Crippen LogP contribution in [0.15, 0.2) is 51.2 Å². The van der Waals surface area contributed by atoms with Gasteiger partial charge in [-0.25, -0.2) is 0 Å². The minimum Gasteiger partial charge on any atom is -0.496 e. The average molecular weight is 563 g/mol. The predicted octanol–water partition coefficient (Wildman–Crippen LogP) is 6.42. The lowest BCUT2D eigenvalue weighted by Gasteiger charge is -2.17. The van der Waals surface area contributed by atoms with Gasteiger partial charge in [0.15, 0.2) is 5.75 Å². The summed E-state index contributed by atoms with van der Waals surface area (Å²) >= 11 is 0. The number of carbonyl (C=O) groups excluding carboxylic acids is 3. The molecule has 0 fully saturated rings. The Kier molecular flexibility index (Phi) is 9.89. The van der Waals surface area contributed by atoms with Crippen molar-refractivity contribution in [2.75, 3.05) is 7.11 Å². The van der Waals surface area contributed by atoms with Crippen molar-refractivity contribution >= 4 is 35.0 Å². The molecular formula is C32H34O9. The lowest BCUT2D eigenvalue weighted by molar-refractivity contribution is -0.133. The molecule has 3 aromatic rings. The highest BCUT2D eigenvalue weighted by molar-refractivity contribution is 5.94. The molecule has 0 saturated heterocycles. The van der Waals surface area contributed by atoms with E-state index in [0.29, 0.717) is 11.3 Å². The Bertz CT molecular complexity index is 1620. The SMILES string of the molecule is COc1cc2oc(-c3ccc(OC(C)=O)cc3OC(C)=O)c(CC=C(C)C)c(=O)c2c(OC(C)=O)c1/C=C/C(C)C. The summed E-state index contributed by atoms with van der Waals surface area (Å²) < 4.78 is 28.2. The Morgan fingerprint density at radius 3 is 2.12 bits per heavy atom. The monoisotopic (exact) mass is 562 g/mol. The molecule has 0 aliphatic carbocycles. The fraction of sp³-hybridized carbons (Fsp3) is 0.312. The van der Waals surface area contributed by atoms with Gasteiger partial charge >= 0.3 is 17.9 Å². The van der Waals surface area contributed by atoms with Gasteiger partial charge in [-0.05, 0) is 38.3 Å². The van der Waals surface area contributed by atoms with E-state index in [1.54, 1.807) is 12.1 Å². The van der Waals surface area contributed by atoms with Crippen LogP contribution < -0.4 is 24.4 Å². The Balaban J connectivity index is 2.50. The van der Waals surface area contributed by atoms with Crippen LogP contribution in [0, 0.1) is 5.92 Å². The molecule has 0 aliphatic rings. The topological polar surface area (TPSA) is 118 Å². The quantitative estimate of drug-likeness (QED) is 0.165. The number of ether oxygens (including phenoxy) is 4. The summed E-state index contributed by atoms with van der Waals surface area (Å²) in [5.74, 6) is -0.982. The second-order valence-electron chi connectivity index (χ2n) is 9.96. The molecule has 1 heterocycles. The third kappa shape index (κ3) is 7.51. The minimum absolute atomic E-state index is 0.0212. The molecule has 9 heteroatoms. The number of benzene rings is 2. The number of rotatable bonds is 9. The lowest BCUT2D eigenvalue weighted by atomic mass is 9.98. The van der Waals surface area contributed by atoms with Crippen LogP contribution in [0.5, 0.6) is 23.0 Å². The Labute approximate surface area is 238 Å². The number of methoxy groups -OCH3 is 1. The summed E-state index contributed by atoms with van der Waals surface area (Å²) in [6.45, 7) is 11.5. The summed E-state index contributed by atoms with van der Waals surface area (Å²) in [6.07, 6.45) is 5.67. The molecule has 216 valence electrons. The van der Waals surface area contributed by atoms with Crippen LogP contribution in [0.25, 0.3) is 28.4 Å². The Morgan fingerprint density at radius 2 is 1.56 bits per heavy atom. The van der Waals surface area contributed by atoms with Gasteiger partial charge in [0.2, 0.25) is 5.43 Å². The van der Waals surface area contributed by atoms with E-state index in [1.807, 2.05) is 39.8 Å². The molecule has 0 atom stereocenters. The van der Waals surface area contributed by atoms with Gasteiger partial charge in [0.25, 0.3) is 0 Å².